The molecular formula is C26H30FN5S. The number of nitrogens with one attached hydrogen (secondary N) is 1. The van der Waals surface area contributed by atoms with Crippen molar-refractivity contribution in [3.8, 4) is 11.1 Å². The van der Waals surface area contributed by atoms with Crippen molar-refractivity contribution >= 4 is 34.5 Å². The van der Waals surface area contributed by atoms with E-state index in [2.05, 4.69) is 25.5 Å². The molecule has 4 aromatic rings. The van der Waals surface area contributed by atoms with Gasteiger partial charge in [0.05, 0.1) is 11.1 Å². The summed E-state index contributed by atoms with van der Waals surface area (Å²) in [6.07, 6.45) is 8.25. The molecule has 1 aliphatic carbocycles. The van der Waals surface area contributed by atoms with Crippen LogP contribution in [0.2, 0.25) is 0 Å². The van der Waals surface area contributed by atoms with Crippen LogP contribution in [0.5, 0.6) is 0 Å². The van der Waals surface area contributed by atoms with E-state index in [1.165, 1.54) is 36.7 Å². The highest BCUT2D eigenvalue weighted by atomic mass is 32.2. The Morgan fingerprint density at radius 1 is 1.06 bits per heavy atom. The van der Waals surface area contributed by atoms with Gasteiger partial charge in [-0.1, -0.05) is 50.5 Å². The molecule has 0 radical (unpaired) electrons. The van der Waals surface area contributed by atoms with E-state index in [0.29, 0.717) is 17.5 Å². The Balaban J connectivity index is 0.00000126. The quantitative estimate of drug-likeness (QED) is 0.302. The molecule has 172 valence electrons. The number of rotatable bonds is 5. The molecule has 0 saturated heterocycles. The normalized spacial score (nSPS) is 13.7. The van der Waals surface area contributed by atoms with Crippen LogP contribution in [0, 0.1) is 12.7 Å². The van der Waals surface area contributed by atoms with Gasteiger partial charge in [0.25, 0.3) is 0 Å². The van der Waals surface area contributed by atoms with Gasteiger partial charge in [0, 0.05) is 22.7 Å². The zero-order chi connectivity index (χ0) is 23.4. The zero-order valence-corrected chi connectivity index (χ0v) is 20.1. The van der Waals surface area contributed by atoms with Gasteiger partial charge in [-0.05, 0) is 61.5 Å². The van der Waals surface area contributed by atoms with Gasteiger partial charge in [-0.25, -0.2) is 14.4 Å². The molecule has 3 N–H and O–H groups in total. The maximum atomic E-state index is 15.0. The van der Waals surface area contributed by atoms with E-state index in [0.717, 1.165) is 39.9 Å². The Bertz CT molecular complexity index is 1230. The number of fused-ring (bicyclic) bond motifs is 1. The minimum absolute atomic E-state index is 0.311. The Labute approximate surface area is 198 Å². The summed E-state index contributed by atoms with van der Waals surface area (Å²) in [7, 11) is 0. The van der Waals surface area contributed by atoms with Gasteiger partial charge in [0.1, 0.15) is 23.6 Å². The summed E-state index contributed by atoms with van der Waals surface area (Å²) in [5.41, 5.74) is 10.3. The Morgan fingerprint density at radius 2 is 1.79 bits per heavy atom. The number of aromatic nitrogens is 3. The van der Waals surface area contributed by atoms with E-state index < -0.39 is 0 Å². The fraction of sp³-hybridized carbons (Fsp3) is 0.308. The average Bonchev–Trinajstić information content (AvgIpc) is 3.49. The summed E-state index contributed by atoms with van der Waals surface area (Å²) < 4.78 is 20.3. The molecule has 2 aromatic heterocycles. The van der Waals surface area contributed by atoms with Crippen molar-refractivity contribution in [3.63, 3.8) is 0 Å². The molecule has 2 heterocycles. The van der Waals surface area contributed by atoms with Gasteiger partial charge in [-0.3, -0.25) is 0 Å². The monoisotopic (exact) mass is 463 g/mol. The van der Waals surface area contributed by atoms with Crippen LogP contribution in [0.3, 0.4) is 0 Å². The van der Waals surface area contributed by atoms with Gasteiger partial charge < -0.3 is 15.0 Å². The van der Waals surface area contributed by atoms with Crippen molar-refractivity contribution in [2.24, 2.45) is 0 Å². The lowest BCUT2D eigenvalue weighted by molar-refractivity contribution is 0.532. The van der Waals surface area contributed by atoms with Crippen LogP contribution in [0.25, 0.3) is 22.2 Å². The van der Waals surface area contributed by atoms with E-state index in [9.17, 15) is 4.39 Å². The molecule has 5 rings (SSSR count). The highest BCUT2D eigenvalue weighted by molar-refractivity contribution is 8.00. The number of nitrogens with zero attached hydrogens (tertiary/aromatic N) is 3. The summed E-state index contributed by atoms with van der Waals surface area (Å²) in [4.78, 5) is 9.72. The van der Waals surface area contributed by atoms with Crippen molar-refractivity contribution in [3.05, 3.63) is 66.4 Å². The predicted octanol–water partition coefficient (Wildman–Crippen LogP) is 7.39. The van der Waals surface area contributed by atoms with Crippen LogP contribution in [0.15, 0.2) is 59.9 Å². The Morgan fingerprint density at radius 3 is 2.48 bits per heavy atom. The van der Waals surface area contributed by atoms with Crippen LogP contribution >= 0.6 is 11.9 Å². The number of halogens is 1. The molecule has 1 saturated carbocycles. The molecule has 7 heteroatoms. The molecule has 2 aromatic carbocycles. The van der Waals surface area contributed by atoms with Crippen molar-refractivity contribution in [2.75, 3.05) is 10.5 Å². The van der Waals surface area contributed by atoms with E-state index >= 15 is 0 Å². The van der Waals surface area contributed by atoms with E-state index in [1.807, 2.05) is 51.1 Å². The first-order valence-electron chi connectivity index (χ1n) is 11.5. The fourth-order valence-electron chi connectivity index (χ4n) is 4.27. The first-order valence-corrected chi connectivity index (χ1v) is 12.3. The highest BCUT2D eigenvalue weighted by Crippen LogP contribution is 2.39. The molecule has 33 heavy (non-hydrogen) atoms. The van der Waals surface area contributed by atoms with Gasteiger partial charge >= 0.3 is 0 Å². The third-order valence-corrected chi connectivity index (χ3v) is 6.77. The summed E-state index contributed by atoms with van der Waals surface area (Å²) in [6.45, 7) is 6.04. The number of hydrogen-bond acceptors (Lipinski definition) is 5. The topological polar surface area (TPSA) is 68.8 Å². The fourth-order valence-corrected chi connectivity index (χ4v) is 4.94. The molecular weight excluding hydrogens is 433 g/mol. The number of benzene rings is 2. The lowest BCUT2D eigenvalue weighted by atomic mass is 10.1. The first-order chi connectivity index (χ1) is 16.1. The van der Waals surface area contributed by atoms with Crippen molar-refractivity contribution in [1.82, 2.24) is 14.5 Å². The molecule has 0 aliphatic heterocycles. The summed E-state index contributed by atoms with van der Waals surface area (Å²) >= 11 is 1.39. The number of aryl methyl sites for hydroxylation is 1. The van der Waals surface area contributed by atoms with Crippen LogP contribution in [-0.2, 0) is 0 Å². The number of nitrogen functional groups attached to an aromatic ring is 1. The third kappa shape index (κ3) is 4.83. The standard InChI is InChI=1S/C24H24FN5S.C2H6/c1-15-6-9-18(10-7-15)31-29-21-11-8-16(12-20(21)25)19-13-30(17-4-2-3-5-17)24-22(19)23(26)27-14-28-24;1-2/h6-14,17,29H,2-5H2,1H3,(H2,26,27,28);1-2H3. The average molecular weight is 464 g/mol. The summed E-state index contributed by atoms with van der Waals surface area (Å²) in [5.74, 6) is 0.114. The van der Waals surface area contributed by atoms with E-state index in [4.69, 9.17) is 5.73 Å². The first kappa shape index (κ1) is 23.1. The third-order valence-electron chi connectivity index (χ3n) is 5.94. The predicted molar refractivity (Wildman–Crippen MR) is 137 cm³/mol. The van der Waals surface area contributed by atoms with Gasteiger partial charge in [0.2, 0.25) is 0 Å². The zero-order valence-electron chi connectivity index (χ0n) is 19.3. The summed E-state index contributed by atoms with van der Waals surface area (Å²) in [5, 5.41) is 0.795. The van der Waals surface area contributed by atoms with Crippen LogP contribution in [0.4, 0.5) is 15.9 Å². The Kier molecular flexibility index (Phi) is 7.18. The van der Waals surface area contributed by atoms with Gasteiger partial charge in [-0.15, -0.1) is 0 Å². The van der Waals surface area contributed by atoms with E-state index in [1.54, 1.807) is 12.1 Å². The highest BCUT2D eigenvalue weighted by Gasteiger charge is 2.23. The second kappa shape index (κ2) is 10.3. The molecule has 0 amide bonds. The molecule has 0 bridgehead atoms. The van der Waals surface area contributed by atoms with Crippen LogP contribution in [-0.4, -0.2) is 14.5 Å². The molecule has 0 spiro atoms. The maximum absolute atomic E-state index is 15.0. The molecule has 0 atom stereocenters. The smallest absolute Gasteiger partial charge is 0.147 e. The SMILES string of the molecule is CC.Cc1ccc(SNc2ccc(-c3cn(C4CCCC4)c4ncnc(N)c34)cc2F)cc1. The van der Waals surface area contributed by atoms with Gasteiger partial charge in [0.15, 0.2) is 0 Å². The Hall–Kier alpha value is -3.06. The molecule has 1 aliphatic rings. The minimum atomic E-state index is -0.311. The van der Waals surface area contributed by atoms with Crippen molar-refractivity contribution in [1.29, 1.82) is 0 Å². The lowest BCUT2D eigenvalue weighted by Crippen LogP contribution is -2.04. The lowest BCUT2D eigenvalue weighted by Gasteiger charge is -2.12. The second-order valence-corrected chi connectivity index (χ2v) is 8.94. The molecule has 1 fully saturated rings. The van der Waals surface area contributed by atoms with Gasteiger partial charge in [-0.2, -0.15) is 0 Å². The molecule has 0 unspecified atom stereocenters. The number of hydrogen-bond donors (Lipinski definition) is 2. The van der Waals surface area contributed by atoms with Crippen LogP contribution in [0.1, 0.15) is 51.1 Å². The van der Waals surface area contributed by atoms with Crippen LogP contribution < -0.4 is 10.5 Å². The van der Waals surface area contributed by atoms with Crippen molar-refractivity contribution in [2.45, 2.75) is 57.4 Å². The number of nitrogens with two attached hydrogens (primary N) is 1. The summed E-state index contributed by atoms with van der Waals surface area (Å²) in [6, 6.07) is 13.7. The number of anilines is 2. The van der Waals surface area contributed by atoms with Crippen molar-refractivity contribution < 1.29 is 4.39 Å². The second-order valence-electron chi connectivity index (χ2n) is 8.06. The molecule has 5 nitrogen and oxygen atoms in total. The minimum Gasteiger partial charge on any atom is -0.383 e. The van der Waals surface area contributed by atoms with E-state index in [-0.39, 0.29) is 5.82 Å². The maximum Gasteiger partial charge on any atom is 0.147 e. The largest absolute Gasteiger partial charge is 0.383 e.